The Balaban J connectivity index is -0.000000153. The number of aliphatic hydroxyl groups is 2. The number of aliphatic hydroxyl groups excluding tert-OH is 2. The third-order valence-electron chi connectivity index (χ3n) is 0.815. The van der Waals surface area contributed by atoms with E-state index in [1.54, 1.807) is 27.7 Å². The Morgan fingerprint density at radius 3 is 1.00 bits per heavy atom. The van der Waals surface area contributed by atoms with Gasteiger partial charge >= 0.3 is 38.4 Å². The third kappa shape index (κ3) is 50.7. The normalized spacial score (nSPS) is 10.3. The van der Waals surface area contributed by atoms with Crippen molar-refractivity contribution in [2.75, 3.05) is 13.2 Å². The van der Waals surface area contributed by atoms with Gasteiger partial charge in [0.1, 0.15) is 0 Å². The zero-order chi connectivity index (χ0) is 13.1. The fraction of sp³-hybridized carbons (Fsp3) is 1.00. The minimum atomic E-state index is -1.07. The average molecular weight is 362 g/mol. The maximum atomic E-state index is 8.28. The quantitative estimate of drug-likeness (QED) is 0.548. The van der Waals surface area contributed by atoms with Gasteiger partial charge in [0, 0.05) is 11.1 Å². The van der Waals surface area contributed by atoms with Crippen LogP contribution in [-0.2, 0) is 21.8 Å². The van der Waals surface area contributed by atoms with Gasteiger partial charge in [-0.15, -0.1) is 0 Å². The number of hydrogen-bond acceptors (Lipinski definition) is 4. The molecule has 15 heavy (non-hydrogen) atoms. The molecule has 0 aromatic rings. The van der Waals surface area contributed by atoms with Crippen LogP contribution in [0.15, 0.2) is 0 Å². The molecule has 0 saturated heterocycles. The minimum absolute atomic E-state index is 0.0486. The molecular weight excluding hydrogens is 339 g/mol. The second kappa shape index (κ2) is 11.8. The van der Waals surface area contributed by atoms with Crippen molar-refractivity contribution in [3.05, 3.63) is 0 Å². The summed E-state index contributed by atoms with van der Waals surface area (Å²) in [5.74, 6) is 0. The summed E-state index contributed by atoms with van der Waals surface area (Å²) < 4.78 is 0. The second-order valence-electron chi connectivity index (χ2n) is 4.39. The van der Waals surface area contributed by atoms with E-state index < -0.39 is 32.9 Å². The predicted molar refractivity (Wildman–Crippen MR) is 62.4 cm³/mol. The van der Waals surface area contributed by atoms with E-state index in [0.717, 1.165) is 0 Å². The van der Waals surface area contributed by atoms with Gasteiger partial charge in [0.2, 0.25) is 0 Å². The van der Waals surface area contributed by atoms with Gasteiger partial charge < -0.3 is 21.7 Å². The molecule has 0 aromatic heterocycles. The fourth-order valence-corrected chi connectivity index (χ4v) is 0. The van der Waals surface area contributed by atoms with E-state index in [0.29, 0.717) is 0 Å². The van der Waals surface area contributed by atoms with Crippen LogP contribution in [0.5, 0.6) is 0 Å². The Kier molecular flexibility index (Phi) is 17.0. The van der Waals surface area contributed by atoms with Crippen LogP contribution in [-0.4, -0.2) is 34.5 Å². The summed E-state index contributed by atoms with van der Waals surface area (Å²) in [4.78, 5) is 0. The van der Waals surface area contributed by atoms with E-state index in [-0.39, 0.29) is 13.2 Å². The van der Waals surface area contributed by atoms with Gasteiger partial charge in [0.15, 0.2) is 0 Å². The summed E-state index contributed by atoms with van der Waals surface area (Å²) in [7, 11) is 9.95. The molecular formula is C8H22CdCl2N2O2. The molecule has 0 rings (SSSR count). The van der Waals surface area contributed by atoms with Crippen LogP contribution >= 0.6 is 16.6 Å². The van der Waals surface area contributed by atoms with Crippen LogP contribution in [0.2, 0.25) is 0 Å². The van der Waals surface area contributed by atoms with Crippen LogP contribution in [0.4, 0.5) is 0 Å². The van der Waals surface area contributed by atoms with Crippen LogP contribution in [0, 0.1) is 0 Å². The monoisotopic (exact) mass is 362 g/mol. The Morgan fingerprint density at radius 2 is 1.00 bits per heavy atom. The fourth-order valence-electron chi connectivity index (χ4n) is 0. The third-order valence-corrected chi connectivity index (χ3v) is 0.815. The van der Waals surface area contributed by atoms with Gasteiger partial charge in [-0.25, -0.2) is 0 Å². The van der Waals surface area contributed by atoms with E-state index in [1.807, 2.05) is 0 Å². The standard InChI is InChI=1S/2C4H11NO.Cd.2ClH/c2*1-4(2,5)3-6;;;/h2*6H,3,5H2,1-2H3;;2*1H/q;;+2;;/p-2. The first kappa shape index (κ1) is 21.6. The second-order valence-corrected chi connectivity index (χ2v) is 10.4. The van der Waals surface area contributed by atoms with E-state index >= 15 is 0 Å². The van der Waals surface area contributed by atoms with Crippen LogP contribution in [0.3, 0.4) is 0 Å². The molecule has 6 N–H and O–H groups in total. The zero-order valence-corrected chi connectivity index (χ0v) is 15.5. The van der Waals surface area contributed by atoms with Crippen molar-refractivity contribution in [1.82, 2.24) is 0 Å². The molecule has 0 saturated carbocycles. The van der Waals surface area contributed by atoms with Crippen LogP contribution in [0.1, 0.15) is 27.7 Å². The molecule has 0 unspecified atom stereocenters. The molecule has 0 heterocycles. The van der Waals surface area contributed by atoms with Crippen molar-refractivity contribution in [3.63, 3.8) is 0 Å². The summed E-state index contributed by atoms with van der Waals surface area (Å²) in [5.41, 5.74) is 9.76. The molecule has 0 aliphatic carbocycles. The topological polar surface area (TPSA) is 92.5 Å². The molecule has 0 aliphatic rings. The van der Waals surface area contributed by atoms with E-state index in [2.05, 4.69) is 0 Å². The van der Waals surface area contributed by atoms with Gasteiger partial charge in [-0.05, 0) is 27.7 Å². The number of nitrogens with two attached hydrogens (primary N) is 2. The van der Waals surface area contributed by atoms with Crippen molar-refractivity contribution >= 4 is 16.6 Å². The molecule has 0 aromatic carbocycles. The van der Waals surface area contributed by atoms with Crippen molar-refractivity contribution in [3.8, 4) is 0 Å². The van der Waals surface area contributed by atoms with Crippen molar-refractivity contribution in [2.24, 2.45) is 11.5 Å². The first-order valence-electron chi connectivity index (χ1n) is 4.45. The zero-order valence-electron chi connectivity index (χ0n) is 9.93. The van der Waals surface area contributed by atoms with E-state index in [4.69, 9.17) is 38.3 Å². The average Bonchev–Trinajstić information content (AvgIpc) is 2.04. The first-order valence-corrected chi connectivity index (χ1v) is 14.7. The van der Waals surface area contributed by atoms with Gasteiger partial charge in [-0.1, -0.05) is 0 Å². The van der Waals surface area contributed by atoms with Crippen molar-refractivity contribution < 1.29 is 32.0 Å². The summed E-state index contributed by atoms with van der Waals surface area (Å²) in [5, 5.41) is 16.6. The van der Waals surface area contributed by atoms with Gasteiger partial charge in [0.25, 0.3) is 0 Å². The molecule has 0 fully saturated rings. The summed E-state index contributed by atoms with van der Waals surface area (Å²) >= 11 is -1.07. The predicted octanol–water partition coefficient (Wildman–Crippen LogP) is 0.808. The molecule has 0 radical (unpaired) electrons. The summed E-state index contributed by atoms with van der Waals surface area (Å²) in [6.07, 6.45) is 0. The van der Waals surface area contributed by atoms with Gasteiger partial charge in [0.05, 0.1) is 13.2 Å². The Labute approximate surface area is 111 Å². The molecule has 92 valence electrons. The Hall–Kier alpha value is 1.34. The number of halogens is 2. The SMILES string of the molecule is CC(C)(N)CO.CC(C)(N)CO.[Cl][Cd][Cl]. The van der Waals surface area contributed by atoms with E-state index in [9.17, 15) is 0 Å². The Bertz CT molecular complexity index is 113. The van der Waals surface area contributed by atoms with Crippen LogP contribution in [0.25, 0.3) is 0 Å². The van der Waals surface area contributed by atoms with Crippen LogP contribution < -0.4 is 11.5 Å². The maximum absolute atomic E-state index is 8.28. The van der Waals surface area contributed by atoms with Crippen molar-refractivity contribution in [1.29, 1.82) is 0 Å². The number of hydrogen-bond donors (Lipinski definition) is 4. The van der Waals surface area contributed by atoms with E-state index in [1.165, 1.54) is 0 Å². The van der Waals surface area contributed by atoms with Gasteiger partial charge in [-0.3, -0.25) is 0 Å². The first-order chi connectivity index (χ1) is 6.54. The molecule has 7 heteroatoms. The molecule has 0 spiro atoms. The van der Waals surface area contributed by atoms with Crippen molar-refractivity contribution in [2.45, 2.75) is 38.8 Å². The number of rotatable bonds is 2. The van der Waals surface area contributed by atoms with Gasteiger partial charge in [-0.2, -0.15) is 0 Å². The summed E-state index contributed by atoms with van der Waals surface area (Å²) in [6, 6.07) is 0. The molecule has 0 aliphatic heterocycles. The molecule has 4 nitrogen and oxygen atoms in total. The molecule has 0 bridgehead atoms. The summed E-state index contributed by atoms with van der Waals surface area (Å²) in [6.45, 7) is 7.18. The Morgan fingerprint density at radius 1 is 0.933 bits per heavy atom. The molecule has 0 amide bonds. The molecule has 0 atom stereocenters.